The number of nitrogens with two attached hydrogens (primary N) is 1. The molecule has 0 heterocycles. The van der Waals surface area contributed by atoms with Gasteiger partial charge in [0.1, 0.15) is 11.5 Å². The Kier molecular flexibility index (Phi) is 4.55. The molecule has 2 rings (SSSR count). The predicted molar refractivity (Wildman–Crippen MR) is 79.3 cm³/mol. The number of hydrogen-bond acceptors (Lipinski definition) is 5. The Bertz CT molecular complexity index is 694. The molecule has 0 aliphatic rings. The van der Waals surface area contributed by atoms with Crippen molar-refractivity contribution in [2.45, 2.75) is 20.3 Å². The van der Waals surface area contributed by atoms with Crippen LogP contribution in [0.2, 0.25) is 0 Å². The van der Waals surface area contributed by atoms with E-state index in [1.807, 2.05) is 18.2 Å². The van der Waals surface area contributed by atoms with Crippen LogP contribution >= 0.6 is 0 Å². The molecular formula is C16H17NO4. The third kappa shape index (κ3) is 3.58. The molecule has 21 heavy (non-hydrogen) atoms. The van der Waals surface area contributed by atoms with E-state index in [0.29, 0.717) is 24.5 Å². The zero-order valence-electron chi connectivity index (χ0n) is 12.0. The quantitative estimate of drug-likeness (QED) is 0.689. The van der Waals surface area contributed by atoms with Gasteiger partial charge in [0.25, 0.3) is 0 Å². The highest BCUT2D eigenvalue weighted by atomic mass is 16.5. The number of fused-ring (bicyclic) bond motifs is 1. The first kappa shape index (κ1) is 15.0. The summed E-state index contributed by atoms with van der Waals surface area (Å²) in [5.41, 5.74) is 6.61. The van der Waals surface area contributed by atoms with Crippen molar-refractivity contribution in [1.82, 2.24) is 0 Å². The molecule has 2 aromatic rings. The highest BCUT2D eigenvalue weighted by Crippen LogP contribution is 2.34. The summed E-state index contributed by atoms with van der Waals surface area (Å²) in [4.78, 5) is 22.4. The zero-order chi connectivity index (χ0) is 15.4. The minimum atomic E-state index is -0.432. The van der Waals surface area contributed by atoms with E-state index in [4.69, 9.17) is 15.2 Å². The largest absolute Gasteiger partial charge is 0.427 e. The second-order valence-electron chi connectivity index (χ2n) is 4.66. The summed E-state index contributed by atoms with van der Waals surface area (Å²) < 4.78 is 10.4. The lowest BCUT2D eigenvalue weighted by Crippen LogP contribution is -2.07. The van der Waals surface area contributed by atoms with Crippen LogP contribution in [0.25, 0.3) is 10.8 Å². The monoisotopic (exact) mass is 287 g/mol. The van der Waals surface area contributed by atoms with Gasteiger partial charge in [-0.25, -0.2) is 0 Å². The fraction of sp³-hybridized carbons (Fsp3) is 0.250. The third-order valence-corrected chi connectivity index (χ3v) is 2.93. The summed E-state index contributed by atoms with van der Waals surface area (Å²) in [6.07, 6.45) is 0.665. The maximum absolute atomic E-state index is 11.3. The van der Waals surface area contributed by atoms with Gasteiger partial charge in [-0.3, -0.25) is 9.59 Å². The molecule has 110 valence electrons. The summed E-state index contributed by atoms with van der Waals surface area (Å²) in [5.74, 6) is -0.142. The molecule has 0 saturated heterocycles. The standard InChI is InChI=1S/C16H17NO4/c1-10(18)20-14-8-13-5-3-4-12(6-7-17)16(13)15(9-14)21-11(2)19/h3-5,8-9H,6-7,17H2,1-2H3. The molecule has 2 aromatic carbocycles. The van der Waals surface area contributed by atoms with Gasteiger partial charge >= 0.3 is 11.9 Å². The van der Waals surface area contributed by atoms with Crippen LogP contribution < -0.4 is 15.2 Å². The number of rotatable bonds is 4. The van der Waals surface area contributed by atoms with Gasteiger partial charge in [0, 0.05) is 25.3 Å². The van der Waals surface area contributed by atoms with Crippen LogP contribution in [-0.4, -0.2) is 18.5 Å². The van der Waals surface area contributed by atoms with Crippen LogP contribution in [0.15, 0.2) is 30.3 Å². The van der Waals surface area contributed by atoms with Crippen LogP contribution in [0.3, 0.4) is 0 Å². The first-order valence-corrected chi connectivity index (χ1v) is 6.64. The normalized spacial score (nSPS) is 10.4. The molecule has 0 spiro atoms. The van der Waals surface area contributed by atoms with Crippen molar-refractivity contribution < 1.29 is 19.1 Å². The smallest absolute Gasteiger partial charge is 0.308 e. The first-order chi connectivity index (χ1) is 10.0. The van der Waals surface area contributed by atoms with Crippen molar-refractivity contribution >= 4 is 22.7 Å². The van der Waals surface area contributed by atoms with Crippen LogP contribution in [-0.2, 0) is 16.0 Å². The number of carbonyl (C=O) groups excluding carboxylic acids is 2. The Morgan fingerprint density at radius 3 is 2.43 bits per heavy atom. The molecule has 0 aromatic heterocycles. The Morgan fingerprint density at radius 2 is 1.81 bits per heavy atom. The molecule has 0 aliphatic carbocycles. The van der Waals surface area contributed by atoms with Crippen LogP contribution in [0.4, 0.5) is 0 Å². The second-order valence-corrected chi connectivity index (χ2v) is 4.66. The highest BCUT2D eigenvalue weighted by molar-refractivity contribution is 5.94. The topological polar surface area (TPSA) is 78.6 Å². The van der Waals surface area contributed by atoms with Gasteiger partial charge in [-0.05, 0) is 30.0 Å². The summed E-state index contributed by atoms with van der Waals surface area (Å²) >= 11 is 0. The van der Waals surface area contributed by atoms with E-state index < -0.39 is 11.9 Å². The minimum Gasteiger partial charge on any atom is -0.427 e. The average molecular weight is 287 g/mol. The lowest BCUT2D eigenvalue weighted by molar-refractivity contribution is -0.132. The molecule has 0 saturated carbocycles. The van der Waals surface area contributed by atoms with Crippen LogP contribution in [0.1, 0.15) is 19.4 Å². The molecule has 2 N–H and O–H groups in total. The molecule has 0 unspecified atom stereocenters. The fourth-order valence-electron chi connectivity index (χ4n) is 2.26. The maximum Gasteiger partial charge on any atom is 0.308 e. The molecule has 5 heteroatoms. The zero-order valence-corrected chi connectivity index (χ0v) is 12.0. The van der Waals surface area contributed by atoms with E-state index >= 15 is 0 Å². The molecular weight excluding hydrogens is 270 g/mol. The molecule has 0 atom stereocenters. The first-order valence-electron chi connectivity index (χ1n) is 6.64. The van der Waals surface area contributed by atoms with Crippen molar-refractivity contribution in [3.8, 4) is 11.5 Å². The van der Waals surface area contributed by atoms with Crippen molar-refractivity contribution in [2.24, 2.45) is 5.73 Å². The molecule has 0 aliphatic heterocycles. The Labute approximate surface area is 122 Å². The number of benzene rings is 2. The predicted octanol–water partition coefficient (Wildman–Crippen LogP) is 2.19. The number of ether oxygens (including phenoxy) is 2. The highest BCUT2D eigenvalue weighted by Gasteiger charge is 2.13. The van der Waals surface area contributed by atoms with Crippen LogP contribution in [0, 0.1) is 0 Å². The van der Waals surface area contributed by atoms with Gasteiger partial charge in [0.15, 0.2) is 0 Å². The molecule has 5 nitrogen and oxygen atoms in total. The SMILES string of the molecule is CC(=O)Oc1cc(OC(C)=O)c2c(CCN)cccc2c1. The summed E-state index contributed by atoms with van der Waals surface area (Å²) in [5, 5.41) is 1.64. The van der Waals surface area contributed by atoms with Gasteiger partial charge in [-0.1, -0.05) is 18.2 Å². The minimum absolute atomic E-state index is 0.344. The lowest BCUT2D eigenvalue weighted by Gasteiger charge is -2.13. The summed E-state index contributed by atoms with van der Waals surface area (Å²) in [7, 11) is 0. The van der Waals surface area contributed by atoms with Gasteiger partial charge in [0.2, 0.25) is 0 Å². The maximum atomic E-state index is 11.3. The van der Waals surface area contributed by atoms with Gasteiger partial charge in [-0.2, -0.15) is 0 Å². The van der Waals surface area contributed by atoms with Crippen molar-refractivity contribution in [3.05, 3.63) is 35.9 Å². The lowest BCUT2D eigenvalue weighted by atomic mass is 10.0. The van der Waals surface area contributed by atoms with E-state index in [0.717, 1.165) is 16.3 Å². The molecule has 0 amide bonds. The van der Waals surface area contributed by atoms with E-state index in [9.17, 15) is 9.59 Å². The second kappa shape index (κ2) is 6.37. The van der Waals surface area contributed by atoms with Crippen LogP contribution in [0.5, 0.6) is 11.5 Å². The molecule has 0 radical (unpaired) electrons. The van der Waals surface area contributed by atoms with Crippen molar-refractivity contribution in [2.75, 3.05) is 6.54 Å². The van der Waals surface area contributed by atoms with Crippen molar-refractivity contribution in [3.63, 3.8) is 0 Å². The average Bonchev–Trinajstić information content (AvgIpc) is 2.37. The van der Waals surface area contributed by atoms with E-state index in [1.165, 1.54) is 13.8 Å². The third-order valence-electron chi connectivity index (χ3n) is 2.93. The molecule has 0 bridgehead atoms. The Balaban J connectivity index is 2.64. The summed E-state index contributed by atoms with van der Waals surface area (Å²) in [6, 6.07) is 8.99. The van der Waals surface area contributed by atoms with Crippen molar-refractivity contribution in [1.29, 1.82) is 0 Å². The fourth-order valence-corrected chi connectivity index (χ4v) is 2.26. The van der Waals surface area contributed by atoms with Gasteiger partial charge < -0.3 is 15.2 Å². The van der Waals surface area contributed by atoms with Gasteiger partial charge in [0.05, 0.1) is 0 Å². The van der Waals surface area contributed by atoms with E-state index in [-0.39, 0.29) is 0 Å². The Morgan fingerprint density at radius 1 is 1.10 bits per heavy atom. The number of hydrogen-bond donors (Lipinski definition) is 1. The molecule has 0 fully saturated rings. The number of carbonyl (C=O) groups is 2. The van der Waals surface area contributed by atoms with Gasteiger partial charge in [-0.15, -0.1) is 0 Å². The number of esters is 2. The summed E-state index contributed by atoms with van der Waals surface area (Å²) in [6.45, 7) is 3.14. The Hall–Kier alpha value is -2.40. The van der Waals surface area contributed by atoms with E-state index in [2.05, 4.69) is 0 Å². The van der Waals surface area contributed by atoms with E-state index in [1.54, 1.807) is 12.1 Å².